The van der Waals surface area contributed by atoms with Gasteiger partial charge in [-0.15, -0.1) is 10.2 Å². The predicted octanol–water partition coefficient (Wildman–Crippen LogP) is 0.955. The SMILES string of the molecule is CCOC(=O)/C(C#N)=N/Nc1nnc(CC)s1. The Morgan fingerprint density at radius 3 is 2.88 bits per heavy atom. The van der Waals surface area contributed by atoms with Gasteiger partial charge in [-0.2, -0.15) is 10.4 Å². The molecular formula is C9H11N5O2S. The number of hydrogen-bond donors (Lipinski definition) is 1. The number of aryl methyl sites for hydroxylation is 1. The van der Waals surface area contributed by atoms with Crippen LogP contribution in [0.25, 0.3) is 0 Å². The van der Waals surface area contributed by atoms with E-state index in [1.54, 1.807) is 13.0 Å². The van der Waals surface area contributed by atoms with Crippen LogP contribution in [-0.2, 0) is 16.0 Å². The van der Waals surface area contributed by atoms with E-state index < -0.39 is 5.97 Å². The monoisotopic (exact) mass is 253 g/mol. The Morgan fingerprint density at radius 1 is 1.59 bits per heavy atom. The summed E-state index contributed by atoms with van der Waals surface area (Å²) < 4.78 is 4.64. The molecule has 1 aromatic rings. The molecular weight excluding hydrogens is 242 g/mol. The fourth-order valence-electron chi connectivity index (χ4n) is 0.861. The van der Waals surface area contributed by atoms with Gasteiger partial charge in [0.15, 0.2) is 0 Å². The van der Waals surface area contributed by atoms with Gasteiger partial charge in [-0.05, 0) is 13.3 Å². The highest BCUT2D eigenvalue weighted by atomic mass is 32.1. The van der Waals surface area contributed by atoms with Crippen molar-refractivity contribution in [3.8, 4) is 6.07 Å². The van der Waals surface area contributed by atoms with Crippen LogP contribution in [0.5, 0.6) is 0 Å². The number of ether oxygens (including phenoxy) is 1. The largest absolute Gasteiger partial charge is 0.461 e. The van der Waals surface area contributed by atoms with E-state index in [4.69, 9.17) is 5.26 Å². The van der Waals surface area contributed by atoms with E-state index in [9.17, 15) is 4.79 Å². The van der Waals surface area contributed by atoms with Crippen molar-refractivity contribution in [2.75, 3.05) is 12.0 Å². The van der Waals surface area contributed by atoms with Crippen LogP contribution in [0.4, 0.5) is 5.13 Å². The Hall–Kier alpha value is -2.01. The minimum atomic E-state index is -0.761. The summed E-state index contributed by atoms with van der Waals surface area (Å²) in [5.41, 5.74) is 2.15. The molecule has 1 rings (SSSR count). The fraction of sp³-hybridized carbons (Fsp3) is 0.444. The van der Waals surface area contributed by atoms with Crippen molar-refractivity contribution in [2.24, 2.45) is 5.10 Å². The van der Waals surface area contributed by atoms with Crippen LogP contribution < -0.4 is 5.43 Å². The molecule has 0 aromatic carbocycles. The molecule has 0 aliphatic rings. The first-order valence-electron chi connectivity index (χ1n) is 4.94. The lowest BCUT2D eigenvalue weighted by atomic mass is 10.4. The predicted molar refractivity (Wildman–Crippen MR) is 62.6 cm³/mol. The highest BCUT2D eigenvalue weighted by Crippen LogP contribution is 2.15. The molecule has 0 radical (unpaired) electrons. The van der Waals surface area contributed by atoms with Crippen molar-refractivity contribution >= 4 is 28.1 Å². The zero-order valence-corrected chi connectivity index (χ0v) is 10.2. The van der Waals surface area contributed by atoms with Gasteiger partial charge in [0.1, 0.15) is 11.1 Å². The lowest BCUT2D eigenvalue weighted by Crippen LogP contribution is -2.17. The normalized spacial score (nSPS) is 10.8. The molecule has 1 aromatic heterocycles. The van der Waals surface area contributed by atoms with Crippen LogP contribution in [0, 0.1) is 11.3 Å². The second-order valence-electron chi connectivity index (χ2n) is 2.76. The zero-order valence-electron chi connectivity index (χ0n) is 9.43. The van der Waals surface area contributed by atoms with Crippen molar-refractivity contribution in [3.05, 3.63) is 5.01 Å². The standard InChI is InChI=1S/C9H11N5O2S/c1-3-7-12-14-9(17-7)13-11-6(5-10)8(15)16-4-2/h3-4H2,1-2H3,(H,13,14)/b11-6+. The zero-order chi connectivity index (χ0) is 12.7. The maximum atomic E-state index is 11.2. The van der Waals surface area contributed by atoms with Gasteiger partial charge in [0.2, 0.25) is 10.8 Å². The number of carbonyl (C=O) groups excluding carboxylic acids is 1. The molecule has 0 unspecified atom stereocenters. The summed E-state index contributed by atoms with van der Waals surface area (Å²) >= 11 is 1.31. The Kier molecular flexibility index (Phi) is 5.03. The Balaban J connectivity index is 2.67. The highest BCUT2D eigenvalue weighted by Gasteiger charge is 2.12. The summed E-state index contributed by atoms with van der Waals surface area (Å²) in [6.45, 7) is 3.80. The maximum Gasteiger partial charge on any atom is 0.369 e. The van der Waals surface area contributed by atoms with Crippen molar-refractivity contribution in [3.63, 3.8) is 0 Å². The summed E-state index contributed by atoms with van der Waals surface area (Å²) in [4.78, 5) is 11.2. The summed E-state index contributed by atoms with van der Waals surface area (Å²) in [6, 6.07) is 1.65. The smallest absolute Gasteiger partial charge is 0.369 e. The molecule has 1 N–H and O–H groups in total. The van der Waals surface area contributed by atoms with Crippen LogP contribution in [0.2, 0.25) is 0 Å². The second-order valence-corrected chi connectivity index (χ2v) is 3.82. The highest BCUT2D eigenvalue weighted by molar-refractivity contribution is 7.15. The molecule has 17 heavy (non-hydrogen) atoms. The van der Waals surface area contributed by atoms with E-state index in [1.165, 1.54) is 11.3 Å². The quantitative estimate of drug-likeness (QED) is 0.476. The third kappa shape index (κ3) is 3.81. The van der Waals surface area contributed by atoms with Gasteiger partial charge in [0.25, 0.3) is 0 Å². The number of aromatic nitrogens is 2. The van der Waals surface area contributed by atoms with Gasteiger partial charge < -0.3 is 4.74 Å². The van der Waals surface area contributed by atoms with E-state index in [-0.39, 0.29) is 12.3 Å². The number of rotatable bonds is 5. The van der Waals surface area contributed by atoms with Gasteiger partial charge in [-0.3, -0.25) is 0 Å². The Morgan fingerprint density at radius 2 is 2.35 bits per heavy atom. The number of esters is 1. The Labute approximate surface area is 102 Å². The van der Waals surface area contributed by atoms with Crippen molar-refractivity contribution in [1.82, 2.24) is 10.2 Å². The van der Waals surface area contributed by atoms with Gasteiger partial charge in [0.05, 0.1) is 6.61 Å². The first-order chi connectivity index (χ1) is 8.21. The van der Waals surface area contributed by atoms with Crippen molar-refractivity contribution < 1.29 is 9.53 Å². The van der Waals surface area contributed by atoms with Crippen molar-refractivity contribution in [2.45, 2.75) is 20.3 Å². The molecule has 0 fully saturated rings. The van der Waals surface area contributed by atoms with E-state index in [1.807, 2.05) is 6.92 Å². The Bertz CT molecular complexity index is 462. The fourth-order valence-corrected chi connectivity index (χ4v) is 1.48. The summed E-state index contributed by atoms with van der Waals surface area (Å²) in [7, 11) is 0. The molecule has 0 atom stereocenters. The number of hydrogen-bond acceptors (Lipinski definition) is 8. The molecule has 0 aliphatic carbocycles. The number of nitrogens with zero attached hydrogens (tertiary/aromatic N) is 4. The van der Waals surface area contributed by atoms with Crippen LogP contribution in [-0.4, -0.2) is 28.5 Å². The minimum absolute atomic E-state index is 0.193. The molecule has 0 bridgehead atoms. The van der Waals surface area contributed by atoms with Gasteiger partial charge in [-0.25, -0.2) is 10.2 Å². The van der Waals surface area contributed by atoms with Gasteiger partial charge in [-0.1, -0.05) is 18.3 Å². The number of anilines is 1. The summed E-state index contributed by atoms with van der Waals surface area (Å²) in [6.07, 6.45) is 0.770. The van der Waals surface area contributed by atoms with Crippen LogP contribution >= 0.6 is 11.3 Å². The number of nitrogens with one attached hydrogen (secondary N) is 1. The first-order valence-corrected chi connectivity index (χ1v) is 5.76. The molecule has 0 saturated carbocycles. The average Bonchev–Trinajstić information content (AvgIpc) is 2.78. The number of carbonyl (C=O) groups is 1. The van der Waals surface area contributed by atoms with Crippen LogP contribution in [0.1, 0.15) is 18.9 Å². The minimum Gasteiger partial charge on any atom is -0.461 e. The van der Waals surface area contributed by atoms with Crippen LogP contribution in [0.3, 0.4) is 0 Å². The average molecular weight is 253 g/mol. The summed E-state index contributed by atoms with van der Waals surface area (Å²) in [5, 5.41) is 21.2. The molecule has 7 nitrogen and oxygen atoms in total. The molecule has 90 valence electrons. The van der Waals surface area contributed by atoms with Gasteiger partial charge >= 0.3 is 5.97 Å². The summed E-state index contributed by atoms with van der Waals surface area (Å²) in [5.74, 6) is -0.761. The molecule has 0 amide bonds. The van der Waals surface area contributed by atoms with Crippen molar-refractivity contribution in [1.29, 1.82) is 5.26 Å². The van der Waals surface area contributed by atoms with Crippen LogP contribution in [0.15, 0.2) is 5.10 Å². The lowest BCUT2D eigenvalue weighted by molar-refractivity contribution is -0.134. The molecule has 0 spiro atoms. The lowest BCUT2D eigenvalue weighted by Gasteiger charge is -1.98. The third-order valence-electron chi connectivity index (χ3n) is 1.61. The van der Waals surface area contributed by atoms with E-state index in [0.29, 0.717) is 5.13 Å². The van der Waals surface area contributed by atoms with E-state index in [0.717, 1.165) is 11.4 Å². The first kappa shape index (κ1) is 13.1. The van der Waals surface area contributed by atoms with E-state index in [2.05, 4.69) is 25.5 Å². The number of hydrazone groups is 1. The molecule has 0 saturated heterocycles. The topological polar surface area (TPSA) is 100 Å². The number of nitriles is 1. The molecule has 1 heterocycles. The molecule has 8 heteroatoms. The van der Waals surface area contributed by atoms with Gasteiger partial charge in [0, 0.05) is 0 Å². The van der Waals surface area contributed by atoms with E-state index >= 15 is 0 Å². The second kappa shape index (κ2) is 6.55. The third-order valence-corrected chi connectivity index (χ3v) is 2.58. The molecule has 0 aliphatic heterocycles. The maximum absolute atomic E-state index is 11.2.